The summed E-state index contributed by atoms with van der Waals surface area (Å²) in [6.45, 7) is 11.4. The Morgan fingerprint density at radius 3 is 2.52 bits per heavy atom. The molecule has 1 heterocycles. The smallest absolute Gasteiger partial charge is 0.410 e. The summed E-state index contributed by atoms with van der Waals surface area (Å²) in [6, 6.07) is 6.43. The zero-order valence-corrected chi connectivity index (χ0v) is 15.1. The van der Waals surface area contributed by atoms with Crippen molar-refractivity contribution in [1.29, 1.82) is 0 Å². The van der Waals surface area contributed by atoms with Crippen LogP contribution in [0.4, 0.5) is 4.79 Å². The lowest BCUT2D eigenvalue weighted by molar-refractivity contribution is 0.0286. The summed E-state index contributed by atoms with van der Waals surface area (Å²) < 4.78 is 5.45. The van der Waals surface area contributed by atoms with Gasteiger partial charge in [-0.05, 0) is 70.1 Å². The van der Waals surface area contributed by atoms with Gasteiger partial charge in [-0.2, -0.15) is 0 Å². The average Bonchev–Trinajstić information content (AvgIpc) is 2.91. The van der Waals surface area contributed by atoms with Gasteiger partial charge in [-0.1, -0.05) is 18.2 Å². The fourth-order valence-electron chi connectivity index (χ4n) is 3.20. The van der Waals surface area contributed by atoms with Gasteiger partial charge in [-0.3, -0.25) is 0 Å². The number of carbonyl (C=O) groups is 1. The SMILES string of the molecule is Cc1cccc(C)c1CC(N)C1CCN(C(=O)OC(C)(C)C)C1. The van der Waals surface area contributed by atoms with E-state index in [1.54, 1.807) is 4.90 Å². The molecule has 0 aromatic heterocycles. The van der Waals surface area contributed by atoms with Gasteiger partial charge < -0.3 is 15.4 Å². The van der Waals surface area contributed by atoms with Crippen molar-refractivity contribution in [3.05, 3.63) is 34.9 Å². The molecule has 1 aliphatic heterocycles. The van der Waals surface area contributed by atoms with Crippen LogP contribution in [0.2, 0.25) is 0 Å². The highest BCUT2D eigenvalue weighted by Gasteiger charge is 2.32. The summed E-state index contributed by atoms with van der Waals surface area (Å²) in [4.78, 5) is 14.0. The number of hydrogen-bond donors (Lipinski definition) is 1. The molecule has 2 rings (SSSR count). The Morgan fingerprint density at radius 2 is 1.96 bits per heavy atom. The summed E-state index contributed by atoms with van der Waals surface area (Å²) in [5.41, 5.74) is 9.94. The molecule has 1 aliphatic rings. The third-order valence-electron chi connectivity index (χ3n) is 4.57. The second-order valence-corrected chi connectivity index (χ2v) is 7.71. The van der Waals surface area contributed by atoms with Gasteiger partial charge in [0.15, 0.2) is 0 Å². The minimum absolute atomic E-state index is 0.0715. The summed E-state index contributed by atoms with van der Waals surface area (Å²) in [6.07, 6.45) is 1.59. The predicted octanol–water partition coefficient (Wildman–Crippen LogP) is 3.43. The maximum absolute atomic E-state index is 12.2. The quantitative estimate of drug-likeness (QED) is 0.929. The van der Waals surface area contributed by atoms with Crippen LogP contribution in [-0.2, 0) is 11.2 Å². The van der Waals surface area contributed by atoms with Crippen molar-refractivity contribution < 1.29 is 9.53 Å². The molecule has 128 valence electrons. The van der Waals surface area contributed by atoms with Crippen molar-refractivity contribution in [2.24, 2.45) is 11.7 Å². The van der Waals surface area contributed by atoms with E-state index in [4.69, 9.17) is 10.5 Å². The molecule has 2 unspecified atom stereocenters. The predicted molar refractivity (Wildman–Crippen MR) is 93.5 cm³/mol. The number of nitrogens with zero attached hydrogens (tertiary/aromatic N) is 1. The third kappa shape index (κ3) is 4.71. The molecule has 1 saturated heterocycles. The van der Waals surface area contributed by atoms with Gasteiger partial charge >= 0.3 is 6.09 Å². The second-order valence-electron chi connectivity index (χ2n) is 7.71. The van der Waals surface area contributed by atoms with Crippen LogP contribution in [0.5, 0.6) is 0 Å². The molecule has 0 radical (unpaired) electrons. The van der Waals surface area contributed by atoms with E-state index in [0.717, 1.165) is 19.4 Å². The van der Waals surface area contributed by atoms with E-state index in [2.05, 4.69) is 32.0 Å². The van der Waals surface area contributed by atoms with Gasteiger partial charge in [0.25, 0.3) is 0 Å². The molecule has 0 bridgehead atoms. The molecular weight excluding hydrogens is 288 g/mol. The van der Waals surface area contributed by atoms with Crippen molar-refractivity contribution in [2.45, 2.75) is 59.1 Å². The topological polar surface area (TPSA) is 55.6 Å². The van der Waals surface area contributed by atoms with E-state index in [1.807, 2.05) is 20.8 Å². The average molecular weight is 318 g/mol. The lowest BCUT2D eigenvalue weighted by Gasteiger charge is -2.25. The maximum Gasteiger partial charge on any atom is 0.410 e. The van der Waals surface area contributed by atoms with Gasteiger partial charge in [-0.25, -0.2) is 4.79 Å². The highest BCUT2D eigenvalue weighted by molar-refractivity contribution is 5.68. The highest BCUT2D eigenvalue weighted by atomic mass is 16.6. The first kappa shape index (κ1) is 17.8. The van der Waals surface area contributed by atoms with Crippen molar-refractivity contribution >= 4 is 6.09 Å². The van der Waals surface area contributed by atoms with Crippen LogP contribution >= 0.6 is 0 Å². The number of likely N-dealkylation sites (tertiary alicyclic amines) is 1. The number of rotatable bonds is 3. The van der Waals surface area contributed by atoms with Crippen molar-refractivity contribution in [3.8, 4) is 0 Å². The lowest BCUT2D eigenvalue weighted by Crippen LogP contribution is -2.38. The fourth-order valence-corrected chi connectivity index (χ4v) is 3.20. The van der Waals surface area contributed by atoms with Crippen LogP contribution in [0, 0.1) is 19.8 Å². The largest absolute Gasteiger partial charge is 0.444 e. The summed E-state index contributed by atoms with van der Waals surface area (Å²) in [5.74, 6) is 0.335. The molecular formula is C19H30N2O2. The Hall–Kier alpha value is -1.55. The van der Waals surface area contributed by atoms with Crippen molar-refractivity contribution in [3.63, 3.8) is 0 Å². The molecule has 2 atom stereocenters. The Morgan fingerprint density at radius 1 is 1.35 bits per heavy atom. The number of carbonyl (C=O) groups excluding carboxylic acids is 1. The van der Waals surface area contributed by atoms with Crippen molar-refractivity contribution in [1.82, 2.24) is 4.90 Å². The van der Waals surface area contributed by atoms with Crippen molar-refractivity contribution in [2.75, 3.05) is 13.1 Å². The molecule has 23 heavy (non-hydrogen) atoms. The highest BCUT2D eigenvalue weighted by Crippen LogP contribution is 2.24. The van der Waals surface area contributed by atoms with E-state index in [0.29, 0.717) is 12.5 Å². The normalized spacial score (nSPS) is 19.7. The van der Waals surface area contributed by atoms with Crippen LogP contribution in [0.15, 0.2) is 18.2 Å². The van der Waals surface area contributed by atoms with Crippen LogP contribution in [0.25, 0.3) is 0 Å². The zero-order valence-electron chi connectivity index (χ0n) is 15.1. The monoisotopic (exact) mass is 318 g/mol. The molecule has 1 fully saturated rings. The molecule has 1 aromatic carbocycles. The molecule has 1 aromatic rings. The Balaban J connectivity index is 1.95. The number of amides is 1. The van der Waals surface area contributed by atoms with E-state index in [9.17, 15) is 4.79 Å². The summed E-state index contributed by atoms with van der Waals surface area (Å²) in [7, 11) is 0. The molecule has 2 N–H and O–H groups in total. The fraction of sp³-hybridized carbons (Fsp3) is 0.632. The minimum atomic E-state index is -0.449. The van der Waals surface area contributed by atoms with Gasteiger partial charge in [0.1, 0.15) is 5.60 Å². The molecule has 0 saturated carbocycles. The van der Waals surface area contributed by atoms with Crippen LogP contribution in [-0.4, -0.2) is 35.7 Å². The van der Waals surface area contributed by atoms with E-state index in [1.165, 1.54) is 16.7 Å². The third-order valence-corrected chi connectivity index (χ3v) is 4.57. The second kappa shape index (κ2) is 6.91. The molecule has 4 nitrogen and oxygen atoms in total. The number of aryl methyl sites for hydroxylation is 2. The number of hydrogen-bond acceptors (Lipinski definition) is 3. The molecule has 4 heteroatoms. The Bertz CT molecular complexity index is 543. The number of ether oxygens (including phenoxy) is 1. The molecule has 1 amide bonds. The van der Waals surface area contributed by atoms with E-state index in [-0.39, 0.29) is 12.1 Å². The Labute approximate surface area is 140 Å². The summed E-state index contributed by atoms with van der Waals surface area (Å²) in [5, 5.41) is 0. The number of nitrogens with two attached hydrogens (primary N) is 1. The molecule has 0 spiro atoms. The zero-order chi connectivity index (χ0) is 17.2. The van der Waals surface area contributed by atoms with Crippen LogP contribution < -0.4 is 5.73 Å². The van der Waals surface area contributed by atoms with Gasteiger partial charge in [0.05, 0.1) is 0 Å². The molecule has 0 aliphatic carbocycles. The van der Waals surface area contributed by atoms with Gasteiger partial charge in [-0.15, -0.1) is 0 Å². The standard InChI is InChI=1S/C19H30N2O2/c1-13-7-6-8-14(2)16(13)11-17(20)15-9-10-21(12-15)18(22)23-19(3,4)5/h6-8,15,17H,9-12,20H2,1-5H3. The maximum atomic E-state index is 12.2. The number of benzene rings is 1. The first-order valence-corrected chi connectivity index (χ1v) is 8.46. The first-order chi connectivity index (χ1) is 10.7. The van der Waals surface area contributed by atoms with Gasteiger partial charge in [0, 0.05) is 19.1 Å². The minimum Gasteiger partial charge on any atom is -0.444 e. The van der Waals surface area contributed by atoms with E-state index < -0.39 is 5.60 Å². The summed E-state index contributed by atoms with van der Waals surface area (Å²) >= 11 is 0. The van der Waals surface area contributed by atoms with Gasteiger partial charge in [0.2, 0.25) is 0 Å². The van der Waals surface area contributed by atoms with Crippen LogP contribution in [0.3, 0.4) is 0 Å². The van der Waals surface area contributed by atoms with Crippen LogP contribution in [0.1, 0.15) is 43.9 Å². The first-order valence-electron chi connectivity index (χ1n) is 8.46. The lowest BCUT2D eigenvalue weighted by atomic mass is 9.90. The van der Waals surface area contributed by atoms with E-state index >= 15 is 0 Å². The Kier molecular flexibility index (Phi) is 5.35.